The Bertz CT molecular complexity index is 414. The van der Waals surface area contributed by atoms with Crippen LogP contribution in [0.3, 0.4) is 0 Å². The van der Waals surface area contributed by atoms with E-state index in [0.29, 0.717) is 11.4 Å². The van der Waals surface area contributed by atoms with Gasteiger partial charge in [-0.2, -0.15) is 0 Å². The second kappa shape index (κ2) is 5.54. The molecule has 0 spiro atoms. The third-order valence-electron chi connectivity index (χ3n) is 3.25. The van der Waals surface area contributed by atoms with E-state index in [4.69, 9.17) is 5.73 Å². The number of nitrogens with two attached hydrogens (primary N) is 1. The number of hydrogen-bond donors (Lipinski definition) is 2. The predicted octanol–water partition coefficient (Wildman–Crippen LogP) is 3.55. The number of carbonyl (C=O) groups is 1. The summed E-state index contributed by atoms with van der Waals surface area (Å²) in [4.78, 5) is 12.0. The summed E-state index contributed by atoms with van der Waals surface area (Å²) in [5.74, 6) is 0.269. The normalized spacial score (nSPS) is 16.8. The maximum Gasteiger partial charge on any atom is 0.227 e. The van der Waals surface area contributed by atoms with Gasteiger partial charge >= 0.3 is 0 Å². The summed E-state index contributed by atoms with van der Waals surface area (Å²) in [5.41, 5.74) is 7.17. The van der Waals surface area contributed by atoms with Gasteiger partial charge in [-0.25, -0.2) is 0 Å². The number of nitrogens with one attached hydrogen (secondary N) is 1. The zero-order valence-corrected chi connectivity index (χ0v) is 11.3. The fourth-order valence-electron chi connectivity index (χ4n) is 2.25. The molecule has 1 fully saturated rings. The summed E-state index contributed by atoms with van der Waals surface area (Å²) >= 11 is 3.35. The fraction of sp³-hybridized carbons (Fsp3) is 0.462. The van der Waals surface area contributed by atoms with Gasteiger partial charge in [0.15, 0.2) is 0 Å². The fourth-order valence-corrected chi connectivity index (χ4v) is 2.63. The molecule has 0 atom stereocenters. The van der Waals surface area contributed by atoms with Crippen molar-refractivity contribution in [1.82, 2.24) is 0 Å². The molecule has 3 N–H and O–H groups in total. The minimum absolute atomic E-state index is 0.110. The van der Waals surface area contributed by atoms with Gasteiger partial charge in [-0.05, 0) is 31.0 Å². The maximum atomic E-state index is 12.0. The highest BCUT2D eigenvalue weighted by Crippen LogP contribution is 2.27. The minimum atomic E-state index is 0.110. The molecule has 92 valence electrons. The van der Waals surface area contributed by atoms with Crippen LogP contribution in [0, 0.1) is 5.92 Å². The molecule has 0 bridgehead atoms. The summed E-state index contributed by atoms with van der Waals surface area (Å²) in [6, 6.07) is 5.52. The first-order valence-electron chi connectivity index (χ1n) is 6.02. The average molecular weight is 297 g/mol. The summed E-state index contributed by atoms with van der Waals surface area (Å²) in [7, 11) is 0. The van der Waals surface area contributed by atoms with Gasteiger partial charge in [0.1, 0.15) is 0 Å². The van der Waals surface area contributed by atoms with Crippen LogP contribution in [0.15, 0.2) is 22.7 Å². The van der Waals surface area contributed by atoms with Crippen LogP contribution in [-0.4, -0.2) is 5.91 Å². The molecule has 2 rings (SSSR count). The molecule has 1 aliphatic carbocycles. The second-order valence-corrected chi connectivity index (χ2v) is 5.47. The molecule has 0 radical (unpaired) electrons. The molecule has 1 saturated carbocycles. The summed E-state index contributed by atoms with van der Waals surface area (Å²) in [6.07, 6.45) is 5.58. The number of carbonyl (C=O) groups excluding carboxylic acids is 1. The van der Waals surface area contributed by atoms with E-state index in [0.717, 1.165) is 30.2 Å². The molecule has 17 heavy (non-hydrogen) atoms. The van der Waals surface area contributed by atoms with Gasteiger partial charge in [-0.15, -0.1) is 0 Å². The molecular weight excluding hydrogens is 280 g/mol. The van der Waals surface area contributed by atoms with E-state index in [-0.39, 0.29) is 11.8 Å². The molecule has 1 aromatic rings. The molecule has 1 aromatic carbocycles. The molecule has 0 unspecified atom stereocenters. The van der Waals surface area contributed by atoms with Crippen molar-refractivity contribution in [2.75, 3.05) is 11.1 Å². The lowest BCUT2D eigenvalue weighted by Crippen LogP contribution is -2.25. The van der Waals surface area contributed by atoms with Crippen molar-refractivity contribution in [3.05, 3.63) is 22.7 Å². The van der Waals surface area contributed by atoms with Crippen LogP contribution in [0.2, 0.25) is 0 Å². The van der Waals surface area contributed by atoms with E-state index >= 15 is 0 Å². The Kier molecular flexibility index (Phi) is 4.05. The Morgan fingerprint density at radius 2 is 2.00 bits per heavy atom. The minimum Gasteiger partial charge on any atom is -0.397 e. The Hall–Kier alpha value is -1.03. The van der Waals surface area contributed by atoms with Gasteiger partial charge < -0.3 is 11.1 Å². The quantitative estimate of drug-likeness (QED) is 0.820. The molecule has 3 nitrogen and oxygen atoms in total. The van der Waals surface area contributed by atoms with E-state index in [9.17, 15) is 4.79 Å². The zero-order chi connectivity index (χ0) is 12.3. The van der Waals surface area contributed by atoms with Crippen LogP contribution in [0.4, 0.5) is 11.4 Å². The number of hydrogen-bond acceptors (Lipinski definition) is 2. The van der Waals surface area contributed by atoms with Gasteiger partial charge in [0.2, 0.25) is 5.91 Å². The highest BCUT2D eigenvalue weighted by Gasteiger charge is 2.21. The standard InChI is InChI=1S/C13H17BrN2O/c14-10-6-7-12(11(15)8-10)16-13(17)9-4-2-1-3-5-9/h6-9H,1-5,15H2,(H,16,17). The highest BCUT2D eigenvalue weighted by atomic mass is 79.9. The van der Waals surface area contributed by atoms with Crippen LogP contribution in [-0.2, 0) is 4.79 Å². The van der Waals surface area contributed by atoms with E-state index in [1.165, 1.54) is 6.42 Å². The Morgan fingerprint density at radius 1 is 1.29 bits per heavy atom. The van der Waals surface area contributed by atoms with Crippen molar-refractivity contribution in [3.63, 3.8) is 0 Å². The van der Waals surface area contributed by atoms with E-state index in [1.807, 2.05) is 12.1 Å². The lowest BCUT2D eigenvalue weighted by atomic mass is 9.88. The number of benzene rings is 1. The van der Waals surface area contributed by atoms with Gasteiger partial charge in [0.05, 0.1) is 11.4 Å². The van der Waals surface area contributed by atoms with Crippen molar-refractivity contribution in [1.29, 1.82) is 0 Å². The van der Waals surface area contributed by atoms with Gasteiger partial charge in [-0.1, -0.05) is 35.2 Å². The Labute approximate surface area is 110 Å². The summed E-state index contributed by atoms with van der Waals surface area (Å²) in [5, 5.41) is 2.92. The molecule has 1 amide bonds. The van der Waals surface area contributed by atoms with Crippen LogP contribution in [0.25, 0.3) is 0 Å². The van der Waals surface area contributed by atoms with Crippen LogP contribution < -0.4 is 11.1 Å². The van der Waals surface area contributed by atoms with Crippen molar-refractivity contribution >= 4 is 33.2 Å². The monoisotopic (exact) mass is 296 g/mol. The van der Waals surface area contributed by atoms with E-state index in [2.05, 4.69) is 21.2 Å². The first kappa shape index (κ1) is 12.4. The van der Waals surface area contributed by atoms with Crippen molar-refractivity contribution < 1.29 is 4.79 Å². The number of nitrogen functional groups attached to an aromatic ring is 1. The van der Waals surface area contributed by atoms with Crippen LogP contribution >= 0.6 is 15.9 Å². The number of amides is 1. The highest BCUT2D eigenvalue weighted by molar-refractivity contribution is 9.10. The van der Waals surface area contributed by atoms with Gasteiger partial charge in [-0.3, -0.25) is 4.79 Å². The SMILES string of the molecule is Nc1cc(Br)ccc1NC(=O)C1CCCCC1. The second-order valence-electron chi connectivity index (χ2n) is 4.56. The van der Waals surface area contributed by atoms with Crippen molar-refractivity contribution in [2.24, 2.45) is 5.92 Å². The summed E-state index contributed by atoms with van der Waals surface area (Å²) in [6.45, 7) is 0. The Balaban J connectivity index is 2.02. The maximum absolute atomic E-state index is 12.0. The first-order chi connectivity index (χ1) is 8.16. The largest absolute Gasteiger partial charge is 0.397 e. The Morgan fingerprint density at radius 3 is 2.65 bits per heavy atom. The number of anilines is 2. The summed E-state index contributed by atoms with van der Waals surface area (Å²) < 4.78 is 0.922. The molecular formula is C13H17BrN2O. The molecule has 0 aromatic heterocycles. The molecule has 0 saturated heterocycles. The van der Waals surface area contributed by atoms with E-state index < -0.39 is 0 Å². The van der Waals surface area contributed by atoms with Gasteiger partial charge in [0, 0.05) is 10.4 Å². The third kappa shape index (κ3) is 3.22. The number of rotatable bonds is 2. The number of halogens is 1. The lowest BCUT2D eigenvalue weighted by molar-refractivity contribution is -0.120. The van der Waals surface area contributed by atoms with Gasteiger partial charge in [0.25, 0.3) is 0 Å². The molecule has 0 aliphatic heterocycles. The molecule has 0 heterocycles. The molecule has 4 heteroatoms. The van der Waals surface area contributed by atoms with Crippen molar-refractivity contribution in [3.8, 4) is 0 Å². The smallest absolute Gasteiger partial charge is 0.227 e. The first-order valence-corrected chi connectivity index (χ1v) is 6.82. The van der Waals surface area contributed by atoms with Crippen LogP contribution in [0.5, 0.6) is 0 Å². The van der Waals surface area contributed by atoms with Crippen molar-refractivity contribution in [2.45, 2.75) is 32.1 Å². The lowest BCUT2D eigenvalue weighted by Gasteiger charge is -2.21. The average Bonchev–Trinajstić information content (AvgIpc) is 2.34. The topological polar surface area (TPSA) is 55.1 Å². The molecule has 1 aliphatic rings. The van der Waals surface area contributed by atoms with Crippen LogP contribution in [0.1, 0.15) is 32.1 Å². The predicted molar refractivity (Wildman–Crippen MR) is 73.8 cm³/mol. The zero-order valence-electron chi connectivity index (χ0n) is 9.71. The third-order valence-corrected chi connectivity index (χ3v) is 3.74. The van der Waals surface area contributed by atoms with E-state index in [1.54, 1.807) is 6.07 Å².